The Morgan fingerprint density at radius 1 is 1.38 bits per heavy atom. The zero-order valence-corrected chi connectivity index (χ0v) is 18.3. The summed E-state index contributed by atoms with van der Waals surface area (Å²) in [4.78, 5) is 12.2. The number of methoxy groups -OCH3 is 1. The molecule has 0 fully saturated rings. The van der Waals surface area contributed by atoms with Gasteiger partial charge in [0.2, 0.25) is 0 Å². The van der Waals surface area contributed by atoms with E-state index in [1.807, 2.05) is 25.1 Å². The molecule has 2 rings (SSSR count). The van der Waals surface area contributed by atoms with Gasteiger partial charge in [0.15, 0.2) is 11.5 Å². The molecule has 0 bridgehead atoms. The molecule has 1 atom stereocenters. The fraction of sp³-hybridized carbons (Fsp3) is 0.222. The topological polar surface area (TPSA) is 83.0 Å². The maximum Gasteiger partial charge on any atom is 0.262 e. The maximum absolute atomic E-state index is 12.2. The van der Waals surface area contributed by atoms with E-state index in [1.54, 1.807) is 13.0 Å². The van der Waals surface area contributed by atoms with Crippen LogP contribution in [-0.4, -0.2) is 30.4 Å². The lowest BCUT2D eigenvalue weighted by molar-refractivity contribution is -0.121. The van der Waals surface area contributed by atoms with Gasteiger partial charge in [-0.15, -0.1) is 0 Å². The number of anilines is 1. The molecule has 8 heteroatoms. The summed E-state index contributed by atoms with van der Waals surface area (Å²) in [6.07, 6.45) is 1.45. The number of halogens is 2. The van der Waals surface area contributed by atoms with Crippen molar-refractivity contribution in [3.63, 3.8) is 0 Å². The number of ether oxygens (including phenoxy) is 1. The van der Waals surface area contributed by atoms with E-state index in [1.165, 1.54) is 19.4 Å². The molecular weight excluding hydrogens is 513 g/mol. The number of phenolic OH excluding ortho intramolecular Hbond substituents is 1. The summed E-state index contributed by atoms with van der Waals surface area (Å²) in [5, 5.41) is 17.0. The quantitative estimate of drug-likeness (QED) is 0.298. The Hall–Kier alpha value is -1.81. The standard InChI is InChI=1S/C18H19BrIN3O3/c1-10-6-13(20)4-5-15(10)22-11(2)18(25)23-21-9-12-7-14(19)17(26-3)16(24)8-12/h4-9,11,22,24H,1-3H3,(H,23,25)/b21-9+. The van der Waals surface area contributed by atoms with Crippen molar-refractivity contribution in [3.05, 3.63) is 49.5 Å². The molecule has 1 amide bonds. The van der Waals surface area contributed by atoms with Crippen LogP contribution in [0.1, 0.15) is 18.1 Å². The van der Waals surface area contributed by atoms with Gasteiger partial charge in [0.25, 0.3) is 5.91 Å². The highest BCUT2D eigenvalue weighted by Crippen LogP contribution is 2.34. The fourth-order valence-corrected chi connectivity index (χ4v) is 3.51. The smallest absolute Gasteiger partial charge is 0.262 e. The Morgan fingerprint density at radius 2 is 2.12 bits per heavy atom. The Morgan fingerprint density at radius 3 is 2.73 bits per heavy atom. The molecule has 0 saturated heterocycles. The first-order chi connectivity index (χ1) is 12.3. The molecule has 0 saturated carbocycles. The molecular formula is C18H19BrIN3O3. The molecule has 0 heterocycles. The second kappa shape index (κ2) is 9.22. The van der Waals surface area contributed by atoms with Crippen LogP contribution in [0.15, 0.2) is 39.9 Å². The predicted molar refractivity (Wildman–Crippen MR) is 115 cm³/mol. The zero-order chi connectivity index (χ0) is 19.3. The van der Waals surface area contributed by atoms with Crippen LogP contribution in [-0.2, 0) is 4.79 Å². The van der Waals surface area contributed by atoms with Crippen LogP contribution in [0.4, 0.5) is 5.69 Å². The minimum atomic E-state index is -0.457. The minimum Gasteiger partial charge on any atom is -0.504 e. The van der Waals surface area contributed by atoms with Crippen molar-refractivity contribution in [2.45, 2.75) is 19.9 Å². The molecule has 0 aliphatic rings. The summed E-state index contributed by atoms with van der Waals surface area (Å²) in [6.45, 7) is 3.75. The van der Waals surface area contributed by atoms with E-state index in [0.717, 1.165) is 14.8 Å². The van der Waals surface area contributed by atoms with Crippen LogP contribution in [0.5, 0.6) is 11.5 Å². The first kappa shape index (κ1) is 20.5. The second-order valence-corrected chi connectivity index (χ2v) is 7.71. The third-order valence-corrected chi connectivity index (χ3v) is 4.85. The normalized spacial score (nSPS) is 12.0. The van der Waals surface area contributed by atoms with E-state index in [9.17, 15) is 9.90 Å². The van der Waals surface area contributed by atoms with Crippen molar-refractivity contribution in [3.8, 4) is 11.5 Å². The molecule has 2 aromatic carbocycles. The molecule has 3 N–H and O–H groups in total. The third kappa shape index (κ3) is 5.34. The number of amides is 1. The Bertz CT molecular complexity index is 819. The highest BCUT2D eigenvalue weighted by Gasteiger charge is 2.13. The second-order valence-electron chi connectivity index (χ2n) is 5.61. The van der Waals surface area contributed by atoms with Crippen LogP contribution in [0.3, 0.4) is 0 Å². The van der Waals surface area contributed by atoms with Gasteiger partial charge in [0.1, 0.15) is 6.04 Å². The van der Waals surface area contributed by atoms with Gasteiger partial charge < -0.3 is 15.2 Å². The first-order valence-corrected chi connectivity index (χ1v) is 9.61. The summed E-state index contributed by atoms with van der Waals surface area (Å²) in [5.74, 6) is 0.0618. The third-order valence-electron chi connectivity index (χ3n) is 3.59. The van der Waals surface area contributed by atoms with Crippen LogP contribution < -0.4 is 15.5 Å². The highest BCUT2D eigenvalue weighted by atomic mass is 127. The molecule has 0 radical (unpaired) electrons. The van der Waals surface area contributed by atoms with E-state index in [4.69, 9.17) is 4.74 Å². The largest absolute Gasteiger partial charge is 0.504 e. The van der Waals surface area contributed by atoms with Crippen LogP contribution in [0, 0.1) is 10.5 Å². The molecule has 0 aliphatic heterocycles. The van der Waals surface area contributed by atoms with Gasteiger partial charge in [0.05, 0.1) is 17.8 Å². The summed E-state index contributed by atoms with van der Waals surface area (Å²) < 4.78 is 6.79. The predicted octanol–water partition coefficient (Wildman–Crippen LogP) is 4.03. The Balaban J connectivity index is 1.98. The minimum absolute atomic E-state index is 0.0149. The lowest BCUT2D eigenvalue weighted by Crippen LogP contribution is -2.35. The Kier molecular flexibility index (Phi) is 7.27. The summed E-state index contributed by atoms with van der Waals surface area (Å²) >= 11 is 5.55. The van der Waals surface area contributed by atoms with E-state index in [2.05, 4.69) is 54.4 Å². The summed E-state index contributed by atoms with van der Waals surface area (Å²) in [5.41, 5.74) is 5.08. The molecule has 138 valence electrons. The van der Waals surface area contributed by atoms with E-state index < -0.39 is 6.04 Å². The number of hydrogen-bond donors (Lipinski definition) is 3. The first-order valence-electron chi connectivity index (χ1n) is 7.74. The number of carbonyl (C=O) groups excluding carboxylic acids is 1. The number of aryl methyl sites for hydroxylation is 1. The van der Waals surface area contributed by atoms with Crippen LogP contribution >= 0.6 is 38.5 Å². The van der Waals surface area contributed by atoms with Gasteiger partial charge in [-0.2, -0.15) is 5.10 Å². The summed E-state index contributed by atoms with van der Waals surface area (Å²) in [6, 6.07) is 8.73. The fourth-order valence-electron chi connectivity index (χ4n) is 2.23. The number of nitrogens with zero attached hydrogens (tertiary/aromatic N) is 1. The van der Waals surface area contributed by atoms with Crippen molar-refractivity contribution in [2.24, 2.45) is 5.10 Å². The van der Waals surface area contributed by atoms with Crippen LogP contribution in [0.2, 0.25) is 0 Å². The van der Waals surface area contributed by atoms with Crippen LogP contribution in [0.25, 0.3) is 0 Å². The lowest BCUT2D eigenvalue weighted by atomic mass is 10.2. The van der Waals surface area contributed by atoms with Crippen molar-refractivity contribution in [1.82, 2.24) is 5.43 Å². The number of nitrogens with one attached hydrogen (secondary N) is 2. The average molecular weight is 532 g/mol. The number of phenols is 1. The zero-order valence-electron chi connectivity index (χ0n) is 14.5. The molecule has 0 spiro atoms. The van der Waals surface area contributed by atoms with Gasteiger partial charge in [-0.3, -0.25) is 4.79 Å². The van der Waals surface area contributed by atoms with Gasteiger partial charge in [-0.25, -0.2) is 5.43 Å². The molecule has 0 aromatic heterocycles. The number of benzene rings is 2. The molecule has 2 aromatic rings. The number of hydrogen-bond acceptors (Lipinski definition) is 5. The van der Waals surface area contributed by atoms with Gasteiger partial charge in [0, 0.05) is 9.26 Å². The van der Waals surface area contributed by atoms with Gasteiger partial charge in [-0.05, 0) is 93.8 Å². The van der Waals surface area contributed by atoms with E-state index in [0.29, 0.717) is 15.8 Å². The van der Waals surface area contributed by atoms with Crippen molar-refractivity contribution in [2.75, 3.05) is 12.4 Å². The van der Waals surface area contributed by atoms with Crippen molar-refractivity contribution >= 4 is 56.3 Å². The average Bonchev–Trinajstić information content (AvgIpc) is 2.57. The molecule has 0 aliphatic carbocycles. The molecule has 26 heavy (non-hydrogen) atoms. The number of carbonyl (C=O) groups is 1. The van der Waals surface area contributed by atoms with E-state index >= 15 is 0 Å². The van der Waals surface area contributed by atoms with Crippen molar-refractivity contribution < 1.29 is 14.6 Å². The number of rotatable bonds is 6. The number of hydrazone groups is 1. The summed E-state index contributed by atoms with van der Waals surface area (Å²) in [7, 11) is 1.47. The molecule has 6 nitrogen and oxygen atoms in total. The SMILES string of the molecule is COc1c(O)cc(/C=N/NC(=O)C(C)Nc2ccc(I)cc2C)cc1Br. The Labute approximate surface area is 174 Å². The highest BCUT2D eigenvalue weighted by molar-refractivity contribution is 14.1. The van der Waals surface area contributed by atoms with Gasteiger partial charge in [-0.1, -0.05) is 0 Å². The number of aromatic hydroxyl groups is 1. The van der Waals surface area contributed by atoms with Crippen molar-refractivity contribution in [1.29, 1.82) is 0 Å². The van der Waals surface area contributed by atoms with E-state index in [-0.39, 0.29) is 11.7 Å². The lowest BCUT2D eigenvalue weighted by Gasteiger charge is -2.15. The molecule has 1 unspecified atom stereocenters. The maximum atomic E-state index is 12.2. The monoisotopic (exact) mass is 531 g/mol. The van der Waals surface area contributed by atoms with Gasteiger partial charge >= 0.3 is 0 Å².